The summed E-state index contributed by atoms with van der Waals surface area (Å²) >= 11 is 1.62. The third-order valence-electron chi connectivity index (χ3n) is 4.28. The van der Waals surface area contributed by atoms with E-state index in [1.54, 1.807) is 23.9 Å². The van der Waals surface area contributed by atoms with E-state index in [1.165, 1.54) is 12.1 Å². The number of benzene rings is 1. The Kier molecular flexibility index (Phi) is 5.53. The zero-order chi connectivity index (χ0) is 17.9. The lowest BCUT2D eigenvalue weighted by Gasteiger charge is -2.28. The molecule has 9 heteroatoms. The zero-order valence-corrected chi connectivity index (χ0v) is 14.1. The zero-order valence-electron chi connectivity index (χ0n) is 13.3. The highest BCUT2D eigenvalue weighted by Gasteiger charge is 2.31. The first-order valence-corrected chi connectivity index (χ1v) is 8.85. The summed E-state index contributed by atoms with van der Waals surface area (Å²) in [4.78, 5) is 0. The number of halogens is 3. The van der Waals surface area contributed by atoms with Crippen molar-refractivity contribution >= 4 is 11.8 Å². The lowest BCUT2D eigenvalue weighted by molar-refractivity contribution is -0.274. The first kappa shape index (κ1) is 18.1. The Bertz CT molecular complexity index is 683. The predicted octanol–water partition coefficient (Wildman–Crippen LogP) is 4.01. The average molecular weight is 373 g/mol. The smallest absolute Gasteiger partial charge is 0.406 e. The van der Waals surface area contributed by atoms with Gasteiger partial charge in [-0.05, 0) is 49.3 Å². The van der Waals surface area contributed by atoms with Crippen LogP contribution in [0.3, 0.4) is 0 Å². The molecule has 1 saturated carbocycles. The van der Waals surface area contributed by atoms with Crippen molar-refractivity contribution in [3.8, 4) is 5.75 Å². The largest absolute Gasteiger partial charge is 0.573 e. The molecule has 1 heterocycles. The third-order valence-corrected chi connectivity index (χ3v) is 5.64. The van der Waals surface area contributed by atoms with Crippen LogP contribution in [0.4, 0.5) is 13.2 Å². The summed E-state index contributed by atoms with van der Waals surface area (Å²) in [5.74, 6) is 0.148. The summed E-state index contributed by atoms with van der Waals surface area (Å²) in [5.41, 5.74) is 1.67. The quantitative estimate of drug-likeness (QED) is 0.829. The minimum atomic E-state index is -4.66. The number of aromatic nitrogens is 3. The Labute approximate surface area is 147 Å². The summed E-state index contributed by atoms with van der Waals surface area (Å²) in [6.07, 6.45) is -0.778. The van der Waals surface area contributed by atoms with E-state index in [-0.39, 0.29) is 12.4 Å². The molecule has 0 bridgehead atoms. The number of H-pyrrole nitrogens is 1. The van der Waals surface area contributed by atoms with Crippen LogP contribution < -0.4 is 4.74 Å². The highest BCUT2D eigenvalue weighted by atomic mass is 32.2. The topological polar surface area (TPSA) is 71.0 Å². The molecule has 0 atom stereocenters. The second-order valence-electron chi connectivity index (χ2n) is 5.96. The fraction of sp³-hybridized carbons (Fsp3) is 0.500. The summed E-state index contributed by atoms with van der Waals surface area (Å²) in [7, 11) is 0. The lowest BCUT2D eigenvalue weighted by atomic mass is 9.84. The minimum absolute atomic E-state index is 0.114. The Morgan fingerprint density at radius 2 is 1.84 bits per heavy atom. The maximum Gasteiger partial charge on any atom is 0.573 e. The van der Waals surface area contributed by atoms with Crippen molar-refractivity contribution in [2.24, 2.45) is 0 Å². The number of aromatic amines is 1. The van der Waals surface area contributed by atoms with Gasteiger partial charge in [0.2, 0.25) is 0 Å². The van der Waals surface area contributed by atoms with Crippen LogP contribution in [0, 0.1) is 0 Å². The van der Waals surface area contributed by atoms with Crippen LogP contribution in [0.5, 0.6) is 5.75 Å². The van der Waals surface area contributed by atoms with Crippen LogP contribution in [-0.2, 0) is 6.61 Å². The minimum Gasteiger partial charge on any atom is -0.406 e. The van der Waals surface area contributed by atoms with Gasteiger partial charge in [-0.2, -0.15) is 0 Å². The maximum atomic E-state index is 12.2. The van der Waals surface area contributed by atoms with Crippen LogP contribution in [0.2, 0.25) is 0 Å². The van der Waals surface area contributed by atoms with Gasteiger partial charge in [0, 0.05) is 5.25 Å². The van der Waals surface area contributed by atoms with Gasteiger partial charge in [-0.25, -0.2) is 0 Å². The van der Waals surface area contributed by atoms with Crippen molar-refractivity contribution in [1.82, 2.24) is 15.4 Å². The molecule has 136 valence electrons. The van der Waals surface area contributed by atoms with Gasteiger partial charge in [-0.15, -0.1) is 18.3 Å². The molecule has 1 aromatic heterocycles. The Morgan fingerprint density at radius 3 is 2.44 bits per heavy atom. The van der Waals surface area contributed by atoms with Crippen molar-refractivity contribution in [3.05, 3.63) is 35.5 Å². The van der Waals surface area contributed by atoms with Gasteiger partial charge in [0.15, 0.2) is 0 Å². The summed E-state index contributed by atoms with van der Waals surface area (Å²) in [6, 6.07) is 6.15. The second kappa shape index (κ2) is 7.65. The van der Waals surface area contributed by atoms with Crippen LogP contribution in [0.15, 0.2) is 29.3 Å². The molecule has 1 aliphatic carbocycles. The van der Waals surface area contributed by atoms with E-state index >= 15 is 0 Å². The van der Waals surface area contributed by atoms with E-state index in [4.69, 9.17) is 0 Å². The van der Waals surface area contributed by atoms with Gasteiger partial charge in [-0.3, -0.25) is 5.10 Å². The maximum absolute atomic E-state index is 12.2. The van der Waals surface area contributed by atoms with Crippen LogP contribution in [0.1, 0.15) is 42.9 Å². The molecule has 2 N–H and O–H groups in total. The van der Waals surface area contributed by atoms with Gasteiger partial charge in [-0.1, -0.05) is 29.1 Å². The van der Waals surface area contributed by atoms with Gasteiger partial charge < -0.3 is 9.84 Å². The first-order valence-electron chi connectivity index (χ1n) is 7.98. The predicted molar refractivity (Wildman–Crippen MR) is 86.3 cm³/mol. The number of hydrogen-bond donors (Lipinski definition) is 2. The monoisotopic (exact) mass is 373 g/mol. The molecule has 0 amide bonds. The van der Waals surface area contributed by atoms with Gasteiger partial charge in [0.05, 0.1) is 12.3 Å². The number of aliphatic hydroxyl groups is 1. The van der Waals surface area contributed by atoms with Crippen LogP contribution in [0.25, 0.3) is 0 Å². The normalized spacial score (nSPS) is 21.3. The van der Waals surface area contributed by atoms with Gasteiger partial charge >= 0.3 is 6.36 Å². The average Bonchev–Trinajstić information content (AvgIpc) is 3.02. The van der Waals surface area contributed by atoms with Gasteiger partial charge in [0.1, 0.15) is 10.8 Å². The van der Waals surface area contributed by atoms with E-state index < -0.39 is 6.36 Å². The molecule has 0 radical (unpaired) electrons. The highest BCUT2D eigenvalue weighted by Crippen LogP contribution is 2.40. The number of alkyl halides is 3. The third kappa shape index (κ3) is 4.88. The molecular formula is C16H18F3N3O2S. The Morgan fingerprint density at radius 1 is 1.16 bits per heavy atom. The lowest BCUT2D eigenvalue weighted by Crippen LogP contribution is -2.17. The van der Waals surface area contributed by atoms with Crippen LogP contribution in [-0.4, -0.2) is 32.1 Å². The standard InChI is InChI=1S/C16H18F3N3O2S/c17-16(18,19)24-12-5-1-10(2-6-12)11-3-7-13(8-4-11)25-15-14(9-23)20-22-21-15/h1-2,5-6,11,13,23H,3-4,7-9H2,(H,20,21,22)/t11-,13+. The van der Waals surface area contributed by atoms with Crippen molar-refractivity contribution in [1.29, 1.82) is 0 Å². The molecule has 3 rings (SSSR count). The molecular weight excluding hydrogens is 355 g/mol. The van der Waals surface area contributed by atoms with Crippen molar-refractivity contribution in [2.75, 3.05) is 0 Å². The fourth-order valence-electron chi connectivity index (χ4n) is 3.05. The number of aliphatic hydroxyl groups excluding tert-OH is 1. The SMILES string of the molecule is OCc1[nH]nnc1S[C@H]1CC[C@@H](c2ccc(OC(F)(F)F)cc2)CC1. The molecule has 0 saturated heterocycles. The molecule has 0 aliphatic heterocycles. The molecule has 1 aromatic carbocycles. The van der Waals surface area contributed by atoms with E-state index in [2.05, 4.69) is 20.1 Å². The molecule has 2 aromatic rings. The first-order chi connectivity index (χ1) is 11.9. The Balaban J connectivity index is 1.53. The summed E-state index contributed by atoms with van der Waals surface area (Å²) < 4.78 is 40.5. The number of nitrogens with zero attached hydrogens (tertiary/aromatic N) is 2. The fourth-order valence-corrected chi connectivity index (χ4v) is 4.21. The number of thioether (sulfide) groups is 1. The molecule has 5 nitrogen and oxygen atoms in total. The van der Waals surface area contributed by atoms with Crippen molar-refractivity contribution in [2.45, 2.75) is 54.8 Å². The second-order valence-corrected chi connectivity index (χ2v) is 7.25. The summed E-state index contributed by atoms with van der Waals surface area (Å²) in [5, 5.41) is 20.7. The van der Waals surface area contributed by atoms with Crippen LogP contribution >= 0.6 is 11.8 Å². The Hall–Kier alpha value is -1.74. The van der Waals surface area contributed by atoms with Crippen molar-refractivity contribution in [3.63, 3.8) is 0 Å². The number of ether oxygens (including phenoxy) is 1. The number of rotatable bonds is 5. The van der Waals surface area contributed by atoms with E-state index in [1.807, 2.05) is 0 Å². The molecule has 0 unspecified atom stereocenters. The highest BCUT2D eigenvalue weighted by molar-refractivity contribution is 7.99. The number of hydrogen-bond acceptors (Lipinski definition) is 5. The van der Waals surface area contributed by atoms with E-state index in [0.29, 0.717) is 16.9 Å². The summed E-state index contributed by atoms with van der Waals surface area (Å²) in [6.45, 7) is -0.114. The van der Waals surface area contributed by atoms with E-state index in [9.17, 15) is 18.3 Å². The van der Waals surface area contributed by atoms with Crippen molar-refractivity contribution < 1.29 is 23.0 Å². The number of nitrogens with one attached hydrogen (secondary N) is 1. The molecule has 25 heavy (non-hydrogen) atoms. The van der Waals surface area contributed by atoms with E-state index in [0.717, 1.165) is 36.3 Å². The molecule has 1 fully saturated rings. The molecule has 0 spiro atoms. The molecule has 1 aliphatic rings. The van der Waals surface area contributed by atoms with Gasteiger partial charge in [0.25, 0.3) is 0 Å².